The van der Waals surface area contributed by atoms with Gasteiger partial charge in [-0.1, -0.05) is 37.5 Å². The number of ether oxygens (including phenoxy) is 3. The fourth-order valence-electron chi connectivity index (χ4n) is 4.00. The van der Waals surface area contributed by atoms with Crippen LogP contribution in [-0.4, -0.2) is 18.9 Å². The molecule has 4 rings (SSSR count). The normalized spacial score (nSPS) is 17.7. The lowest BCUT2D eigenvalue weighted by molar-refractivity contribution is -0.139. The van der Waals surface area contributed by atoms with Crippen molar-refractivity contribution in [2.24, 2.45) is 5.92 Å². The Bertz CT molecular complexity index is 983. The summed E-state index contributed by atoms with van der Waals surface area (Å²) in [5.41, 5.74) is 1.98. The van der Waals surface area contributed by atoms with Crippen LogP contribution in [-0.2, 0) is 4.79 Å². The molecular formula is C24H24O5. The van der Waals surface area contributed by atoms with Crippen LogP contribution in [0.25, 0.3) is 6.08 Å². The fourth-order valence-corrected chi connectivity index (χ4v) is 4.00. The van der Waals surface area contributed by atoms with Gasteiger partial charge in [0.1, 0.15) is 17.2 Å². The quantitative estimate of drug-likeness (QED) is 0.411. The number of esters is 1. The van der Waals surface area contributed by atoms with Gasteiger partial charge >= 0.3 is 5.97 Å². The second-order valence-corrected chi connectivity index (χ2v) is 7.55. The van der Waals surface area contributed by atoms with Gasteiger partial charge in [0.05, 0.1) is 18.6 Å². The largest absolute Gasteiger partial charge is 0.496 e. The average molecular weight is 392 g/mol. The summed E-state index contributed by atoms with van der Waals surface area (Å²) in [6.07, 6.45) is 6.75. The van der Waals surface area contributed by atoms with E-state index >= 15 is 0 Å². The predicted molar refractivity (Wildman–Crippen MR) is 109 cm³/mol. The smallest absolute Gasteiger partial charge is 0.314 e. The van der Waals surface area contributed by atoms with Gasteiger partial charge < -0.3 is 14.2 Å². The molecule has 0 saturated heterocycles. The summed E-state index contributed by atoms with van der Waals surface area (Å²) >= 11 is 0. The highest BCUT2D eigenvalue weighted by atomic mass is 16.5. The Morgan fingerprint density at radius 1 is 1.14 bits per heavy atom. The fraction of sp³-hybridized carbons (Fsp3) is 0.333. The Kier molecular flexibility index (Phi) is 5.38. The molecule has 2 aliphatic rings. The molecule has 1 aliphatic carbocycles. The van der Waals surface area contributed by atoms with Crippen LogP contribution in [0, 0.1) is 12.8 Å². The van der Waals surface area contributed by atoms with Gasteiger partial charge in [-0.05, 0) is 43.5 Å². The standard InChI is InChI=1S/C24H24O5/c1-15-12-18(28-24(26)16-8-4-3-5-9-16)14-20-22(15)23(25)21(29-20)13-17-10-6-7-11-19(17)27-2/h6-7,10-14,16H,3-5,8-9H2,1-2H3/b21-13-. The third-order valence-electron chi connectivity index (χ3n) is 5.53. The zero-order chi connectivity index (χ0) is 20.4. The van der Waals surface area contributed by atoms with Crippen molar-refractivity contribution in [3.8, 4) is 17.2 Å². The van der Waals surface area contributed by atoms with Crippen LogP contribution >= 0.6 is 0 Å². The lowest BCUT2D eigenvalue weighted by Crippen LogP contribution is -2.22. The molecule has 0 bridgehead atoms. The van der Waals surface area contributed by atoms with Crippen LogP contribution < -0.4 is 14.2 Å². The lowest BCUT2D eigenvalue weighted by Gasteiger charge is -2.20. The third-order valence-corrected chi connectivity index (χ3v) is 5.53. The van der Waals surface area contributed by atoms with Crippen LogP contribution in [0.2, 0.25) is 0 Å². The number of rotatable bonds is 4. The minimum absolute atomic E-state index is 0.0409. The van der Waals surface area contributed by atoms with Crippen LogP contribution in [0.5, 0.6) is 17.2 Å². The van der Waals surface area contributed by atoms with E-state index in [4.69, 9.17) is 14.2 Å². The Hall–Kier alpha value is -3.08. The average Bonchev–Trinajstić information content (AvgIpc) is 3.04. The maximum absolute atomic E-state index is 12.9. The molecule has 1 fully saturated rings. The van der Waals surface area contributed by atoms with Crippen LogP contribution in [0.3, 0.4) is 0 Å². The zero-order valence-corrected chi connectivity index (χ0v) is 16.7. The van der Waals surface area contributed by atoms with Gasteiger partial charge in [-0.3, -0.25) is 9.59 Å². The molecule has 0 spiro atoms. The van der Waals surface area contributed by atoms with E-state index in [1.165, 1.54) is 6.42 Å². The first kappa shape index (κ1) is 19.2. The summed E-state index contributed by atoms with van der Waals surface area (Å²) in [6.45, 7) is 1.82. The molecule has 29 heavy (non-hydrogen) atoms. The van der Waals surface area contributed by atoms with Crippen molar-refractivity contribution in [2.75, 3.05) is 7.11 Å². The lowest BCUT2D eigenvalue weighted by atomic mass is 9.89. The molecule has 1 aliphatic heterocycles. The van der Waals surface area contributed by atoms with E-state index in [1.807, 2.05) is 31.2 Å². The van der Waals surface area contributed by atoms with Crippen molar-refractivity contribution in [2.45, 2.75) is 39.0 Å². The Balaban J connectivity index is 1.58. The molecule has 0 aromatic heterocycles. The predicted octanol–water partition coefficient (Wildman–Crippen LogP) is 5.11. The zero-order valence-electron chi connectivity index (χ0n) is 16.7. The van der Waals surface area contributed by atoms with Crippen molar-refractivity contribution in [3.05, 3.63) is 58.8 Å². The summed E-state index contributed by atoms with van der Waals surface area (Å²) in [7, 11) is 1.58. The number of carbonyl (C=O) groups is 2. The SMILES string of the molecule is COc1ccccc1/C=C1\Oc2cc(OC(=O)C3CCCCC3)cc(C)c2C1=O. The van der Waals surface area contributed by atoms with E-state index in [0.717, 1.165) is 36.8 Å². The van der Waals surface area contributed by atoms with E-state index in [1.54, 1.807) is 25.3 Å². The van der Waals surface area contributed by atoms with E-state index in [-0.39, 0.29) is 23.4 Å². The number of Topliss-reactive ketones (excluding diaryl/α,β-unsaturated/α-hetero) is 1. The summed E-state index contributed by atoms with van der Waals surface area (Å²) < 4.78 is 16.8. The molecule has 0 amide bonds. The maximum Gasteiger partial charge on any atom is 0.314 e. The molecule has 2 aromatic carbocycles. The Morgan fingerprint density at radius 3 is 2.66 bits per heavy atom. The molecular weight excluding hydrogens is 368 g/mol. The van der Waals surface area contributed by atoms with Crippen molar-refractivity contribution in [1.29, 1.82) is 0 Å². The summed E-state index contributed by atoms with van der Waals surface area (Å²) in [5, 5.41) is 0. The molecule has 0 radical (unpaired) electrons. The van der Waals surface area contributed by atoms with E-state index < -0.39 is 0 Å². The number of fused-ring (bicyclic) bond motifs is 1. The molecule has 0 atom stereocenters. The van der Waals surface area contributed by atoms with Crippen LogP contribution in [0.4, 0.5) is 0 Å². The highest BCUT2D eigenvalue weighted by molar-refractivity contribution is 6.15. The molecule has 5 nitrogen and oxygen atoms in total. The molecule has 2 aromatic rings. The topological polar surface area (TPSA) is 61.8 Å². The van der Waals surface area contributed by atoms with E-state index in [2.05, 4.69) is 0 Å². The number of benzene rings is 2. The van der Waals surface area contributed by atoms with Crippen molar-refractivity contribution in [3.63, 3.8) is 0 Å². The van der Waals surface area contributed by atoms with Crippen LogP contribution in [0.1, 0.15) is 53.6 Å². The first-order valence-electron chi connectivity index (χ1n) is 10.0. The molecule has 150 valence electrons. The van der Waals surface area contributed by atoms with E-state index in [9.17, 15) is 9.59 Å². The molecule has 5 heteroatoms. The minimum atomic E-state index is -0.196. The first-order chi connectivity index (χ1) is 14.1. The van der Waals surface area contributed by atoms with Gasteiger partial charge in [0.25, 0.3) is 0 Å². The van der Waals surface area contributed by atoms with Crippen molar-refractivity contribution in [1.82, 2.24) is 0 Å². The molecule has 1 saturated carbocycles. The van der Waals surface area contributed by atoms with Gasteiger partial charge in [0.15, 0.2) is 5.76 Å². The van der Waals surface area contributed by atoms with Gasteiger partial charge in [-0.2, -0.15) is 0 Å². The third kappa shape index (κ3) is 3.90. The number of para-hydroxylation sites is 1. The van der Waals surface area contributed by atoms with Crippen molar-refractivity contribution >= 4 is 17.8 Å². The maximum atomic E-state index is 12.9. The number of methoxy groups -OCH3 is 1. The second kappa shape index (κ2) is 8.11. The highest BCUT2D eigenvalue weighted by Gasteiger charge is 2.31. The number of allylic oxidation sites excluding steroid dienone is 1. The number of hydrogen-bond acceptors (Lipinski definition) is 5. The van der Waals surface area contributed by atoms with Crippen LogP contribution in [0.15, 0.2) is 42.2 Å². The summed E-state index contributed by atoms with van der Waals surface area (Å²) in [4.78, 5) is 25.3. The Morgan fingerprint density at radius 2 is 1.90 bits per heavy atom. The van der Waals surface area contributed by atoms with Gasteiger partial charge in [0, 0.05) is 11.6 Å². The van der Waals surface area contributed by atoms with Gasteiger partial charge in [-0.15, -0.1) is 0 Å². The molecule has 0 N–H and O–H groups in total. The Labute approximate surface area is 170 Å². The minimum Gasteiger partial charge on any atom is -0.496 e. The number of ketones is 1. The number of carbonyl (C=O) groups excluding carboxylic acids is 2. The molecule has 0 unspecified atom stereocenters. The van der Waals surface area contributed by atoms with Gasteiger partial charge in [0.2, 0.25) is 5.78 Å². The summed E-state index contributed by atoms with van der Waals surface area (Å²) in [5.74, 6) is 1.30. The highest BCUT2D eigenvalue weighted by Crippen LogP contribution is 2.38. The summed E-state index contributed by atoms with van der Waals surface area (Å²) in [6, 6.07) is 10.8. The monoisotopic (exact) mass is 392 g/mol. The number of hydrogen-bond donors (Lipinski definition) is 0. The first-order valence-corrected chi connectivity index (χ1v) is 10.0. The second-order valence-electron chi connectivity index (χ2n) is 7.55. The number of aryl methyl sites for hydroxylation is 1. The van der Waals surface area contributed by atoms with Gasteiger partial charge in [-0.25, -0.2) is 0 Å². The van der Waals surface area contributed by atoms with E-state index in [0.29, 0.717) is 22.8 Å². The molecule has 1 heterocycles. The van der Waals surface area contributed by atoms with Crippen molar-refractivity contribution < 1.29 is 23.8 Å².